The summed E-state index contributed by atoms with van der Waals surface area (Å²) in [4.78, 5) is 0. The van der Waals surface area contributed by atoms with Crippen LogP contribution in [0.5, 0.6) is 0 Å². The minimum absolute atomic E-state index is 0. The number of hydrogen-bond donors (Lipinski definition) is 0. The second-order valence-corrected chi connectivity index (χ2v) is 3.46. The first-order chi connectivity index (χ1) is 5.58. The van der Waals surface area contributed by atoms with Gasteiger partial charge >= 0.3 is 18.9 Å². The molecule has 0 spiro atoms. The normalized spacial score (nSPS) is 11.2. The van der Waals surface area contributed by atoms with Crippen molar-refractivity contribution >= 4 is 16.2 Å². The molecule has 0 atom stereocenters. The number of benzene rings is 1. The molecule has 0 heterocycles. The fraction of sp³-hybridized carbons (Fsp3) is 0. The molecule has 0 unspecified atom stereocenters. The summed E-state index contributed by atoms with van der Waals surface area (Å²) in [6, 6.07) is 8.75. The van der Waals surface area contributed by atoms with Crippen molar-refractivity contribution in [3.05, 3.63) is 41.3 Å². The van der Waals surface area contributed by atoms with Gasteiger partial charge in [0.25, 0.3) is 0 Å². The van der Waals surface area contributed by atoms with E-state index >= 15 is 0 Å². The Morgan fingerprint density at radius 2 is 1.69 bits per heavy atom. The molecule has 0 aromatic heterocycles. The predicted octanol–water partition coefficient (Wildman–Crippen LogP) is -1.79. The molecule has 64 valence electrons. The van der Waals surface area contributed by atoms with Gasteiger partial charge in [0.1, 0.15) is 10.1 Å². The second-order valence-electron chi connectivity index (χ2n) is 2.21. The van der Waals surface area contributed by atoms with Crippen LogP contribution in [0.3, 0.4) is 0 Å². The van der Waals surface area contributed by atoms with Crippen molar-refractivity contribution in [3.8, 4) is 0 Å². The first kappa shape index (κ1) is 12.5. The third-order valence-corrected chi connectivity index (χ3v) is 1.70. The van der Waals surface area contributed by atoms with Gasteiger partial charge in [-0.1, -0.05) is 30.3 Å². The molecule has 0 saturated carbocycles. The molecule has 5 heteroatoms. The summed E-state index contributed by atoms with van der Waals surface area (Å²) in [5, 5.41) is 0.641. The molecule has 0 bridgehead atoms. The van der Waals surface area contributed by atoms with Crippen molar-refractivity contribution in [3.63, 3.8) is 0 Å². The van der Waals surface area contributed by atoms with Crippen LogP contribution in [0, 0.1) is 0 Å². The summed E-state index contributed by atoms with van der Waals surface area (Å²) in [5.41, 5.74) is 0.692. The van der Waals surface area contributed by atoms with Crippen LogP contribution >= 0.6 is 0 Å². The molecule has 1 aromatic carbocycles. The van der Waals surface area contributed by atoms with Gasteiger partial charge in [-0.3, -0.25) is 0 Å². The fourth-order valence-electron chi connectivity index (χ4n) is 0.726. The van der Waals surface area contributed by atoms with E-state index < -0.39 is 10.1 Å². The van der Waals surface area contributed by atoms with Gasteiger partial charge in [0.15, 0.2) is 0 Å². The van der Waals surface area contributed by atoms with Gasteiger partial charge in [-0.15, -0.1) is 0 Å². The Bertz CT molecular complexity index is 370. The molecule has 0 saturated heterocycles. The van der Waals surface area contributed by atoms with Gasteiger partial charge in [-0.25, -0.2) is 8.42 Å². The van der Waals surface area contributed by atoms with Crippen molar-refractivity contribution in [1.82, 2.24) is 0 Å². The van der Waals surface area contributed by atoms with E-state index in [1.165, 1.54) is 6.08 Å². The number of rotatable bonds is 2. The van der Waals surface area contributed by atoms with Crippen LogP contribution in [0.2, 0.25) is 0 Å². The van der Waals surface area contributed by atoms with E-state index in [1.807, 2.05) is 6.07 Å². The Kier molecular flexibility index (Phi) is 5.04. The summed E-state index contributed by atoms with van der Waals surface area (Å²) in [7, 11) is -4.25. The van der Waals surface area contributed by atoms with Gasteiger partial charge in [0.2, 0.25) is 0 Å². The van der Waals surface area contributed by atoms with Crippen molar-refractivity contribution in [2.45, 2.75) is 0 Å². The van der Waals surface area contributed by atoms with Crippen LogP contribution < -0.4 is 18.9 Å². The van der Waals surface area contributed by atoms with Crippen LogP contribution in [-0.2, 0) is 10.1 Å². The van der Waals surface area contributed by atoms with E-state index in [9.17, 15) is 13.0 Å². The Labute approximate surface area is 89.4 Å². The molecular weight excluding hydrogens is 183 g/mol. The molecular formula is C8H7LiO3S. The summed E-state index contributed by atoms with van der Waals surface area (Å²) >= 11 is 0. The molecule has 0 N–H and O–H groups in total. The third-order valence-electron chi connectivity index (χ3n) is 1.23. The van der Waals surface area contributed by atoms with Gasteiger partial charge in [0.05, 0.1) is 0 Å². The fourth-order valence-corrected chi connectivity index (χ4v) is 1.05. The topological polar surface area (TPSA) is 57.2 Å². The maximum absolute atomic E-state index is 10.2. The molecule has 0 aliphatic rings. The van der Waals surface area contributed by atoms with Gasteiger partial charge < -0.3 is 4.55 Å². The van der Waals surface area contributed by atoms with E-state index in [4.69, 9.17) is 0 Å². The summed E-state index contributed by atoms with van der Waals surface area (Å²) in [6.07, 6.45) is 1.27. The van der Waals surface area contributed by atoms with E-state index in [-0.39, 0.29) is 18.9 Å². The standard InChI is InChI=1S/C8H8O3S.Li/c9-12(10,11)7-6-8-4-2-1-3-5-8;/h1-7H,(H,9,10,11);/q;+1/p-1. The monoisotopic (exact) mass is 190 g/mol. The van der Waals surface area contributed by atoms with Crippen molar-refractivity contribution in [2.24, 2.45) is 0 Å². The zero-order valence-electron chi connectivity index (χ0n) is 7.17. The molecule has 1 aromatic rings. The maximum atomic E-state index is 10.2. The minimum Gasteiger partial charge on any atom is -0.744 e. The molecule has 0 radical (unpaired) electrons. The maximum Gasteiger partial charge on any atom is 1.00 e. The average Bonchev–Trinajstić information content (AvgIpc) is 2.02. The van der Waals surface area contributed by atoms with E-state index in [1.54, 1.807) is 24.3 Å². The third kappa shape index (κ3) is 5.67. The summed E-state index contributed by atoms with van der Waals surface area (Å²) < 4.78 is 30.5. The predicted molar refractivity (Wildman–Crippen MR) is 45.2 cm³/mol. The molecule has 3 nitrogen and oxygen atoms in total. The van der Waals surface area contributed by atoms with E-state index in [0.717, 1.165) is 0 Å². The van der Waals surface area contributed by atoms with Crippen LogP contribution in [0.15, 0.2) is 35.7 Å². The van der Waals surface area contributed by atoms with Crippen LogP contribution in [-0.4, -0.2) is 13.0 Å². The van der Waals surface area contributed by atoms with Gasteiger partial charge in [0, 0.05) is 5.41 Å². The zero-order valence-corrected chi connectivity index (χ0v) is 7.99. The van der Waals surface area contributed by atoms with Crippen molar-refractivity contribution in [2.75, 3.05) is 0 Å². The van der Waals surface area contributed by atoms with Gasteiger partial charge in [-0.05, 0) is 11.6 Å². The largest absolute Gasteiger partial charge is 1.00 e. The average molecular weight is 190 g/mol. The zero-order chi connectivity index (χ0) is 9.03. The van der Waals surface area contributed by atoms with Crippen molar-refractivity contribution in [1.29, 1.82) is 0 Å². The first-order valence-corrected chi connectivity index (χ1v) is 4.74. The molecule has 1 rings (SSSR count). The Morgan fingerprint density at radius 3 is 2.15 bits per heavy atom. The summed E-state index contributed by atoms with van der Waals surface area (Å²) in [5.74, 6) is 0. The Hall–Kier alpha value is -0.533. The SMILES string of the molecule is O=S(=O)([O-])C=Cc1ccccc1.[Li+]. The number of hydrogen-bond acceptors (Lipinski definition) is 3. The van der Waals surface area contributed by atoms with Crippen molar-refractivity contribution < 1.29 is 31.8 Å². The Balaban J connectivity index is 0.00000144. The molecule has 0 fully saturated rings. The minimum atomic E-state index is -4.25. The van der Waals surface area contributed by atoms with E-state index in [0.29, 0.717) is 11.0 Å². The quantitative estimate of drug-likeness (QED) is 0.408. The first-order valence-electron chi connectivity index (χ1n) is 3.27. The molecule has 0 aliphatic carbocycles. The molecule has 13 heavy (non-hydrogen) atoms. The Morgan fingerprint density at radius 1 is 1.15 bits per heavy atom. The molecule has 0 aliphatic heterocycles. The van der Waals surface area contributed by atoms with Crippen LogP contribution in [0.25, 0.3) is 6.08 Å². The molecule has 0 amide bonds. The van der Waals surface area contributed by atoms with E-state index in [2.05, 4.69) is 0 Å². The van der Waals surface area contributed by atoms with Gasteiger partial charge in [-0.2, -0.15) is 0 Å². The van der Waals surface area contributed by atoms with Crippen LogP contribution in [0.4, 0.5) is 0 Å². The second kappa shape index (κ2) is 5.25. The van der Waals surface area contributed by atoms with Crippen LogP contribution in [0.1, 0.15) is 5.56 Å². The smallest absolute Gasteiger partial charge is 0.744 e. The summed E-state index contributed by atoms with van der Waals surface area (Å²) in [6.45, 7) is 0.